The Bertz CT molecular complexity index is 1210. The van der Waals surface area contributed by atoms with E-state index in [1.165, 1.54) is 0 Å². The largest absolute Gasteiger partial charge is 3.00 e. The van der Waals surface area contributed by atoms with E-state index in [1.54, 1.807) is 24.8 Å². The Balaban J connectivity index is 0.000000137. The van der Waals surface area contributed by atoms with E-state index in [1.807, 2.05) is 24.3 Å². The van der Waals surface area contributed by atoms with Crippen molar-refractivity contribution in [1.29, 1.82) is 0 Å². The van der Waals surface area contributed by atoms with Gasteiger partial charge < -0.3 is 0 Å². The van der Waals surface area contributed by atoms with E-state index in [-0.39, 0.29) is 19.5 Å². The van der Waals surface area contributed by atoms with Crippen molar-refractivity contribution in [2.75, 3.05) is 0 Å². The molecule has 0 N–H and O–H groups in total. The molecule has 6 rings (SSSR count). The molecule has 0 aliphatic heterocycles. The summed E-state index contributed by atoms with van der Waals surface area (Å²) in [7, 11) is 0. The smallest absolute Gasteiger partial charge is 0.254 e. The molecule has 0 unspecified atom stereocenters. The van der Waals surface area contributed by atoms with E-state index in [0.29, 0.717) is 0 Å². The van der Waals surface area contributed by atoms with Crippen LogP contribution in [-0.4, -0.2) is 19.9 Å². The molecule has 0 atom stereocenters. The Hall–Kier alpha value is -3.30. The zero-order chi connectivity index (χ0) is 18.8. The van der Waals surface area contributed by atoms with Crippen LogP contribution in [0.25, 0.3) is 43.6 Å². The van der Waals surface area contributed by atoms with E-state index >= 15 is 0 Å². The average molecular weight is 463 g/mol. The standard InChI is InChI=1S/2C12H8N2.Rh/c2*1-3-9-5-6-10-4-2-8-14-12(10)11(9)13-7-1;/h2*1-8H;/q;;+3. The first-order valence-corrected chi connectivity index (χ1v) is 9.07. The third kappa shape index (κ3) is 3.69. The molecule has 0 bridgehead atoms. The van der Waals surface area contributed by atoms with E-state index in [0.717, 1.165) is 43.6 Å². The van der Waals surface area contributed by atoms with Crippen molar-refractivity contribution < 1.29 is 19.5 Å². The molecule has 0 saturated carbocycles. The molecular weight excluding hydrogens is 447 g/mol. The van der Waals surface area contributed by atoms with Crippen LogP contribution < -0.4 is 0 Å². The monoisotopic (exact) mass is 463 g/mol. The van der Waals surface area contributed by atoms with Gasteiger partial charge in [0, 0.05) is 46.3 Å². The summed E-state index contributed by atoms with van der Waals surface area (Å²) in [6, 6.07) is 24.3. The van der Waals surface area contributed by atoms with Crippen molar-refractivity contribution in [3.05, 3.63) is 97.6 Å². The van der Waals surface area contributed by atoms with Gasteiger partial charge in [-0.3, -0.25) is 19.9 Å². The van der Waals surface area contributed by atoms with Crippen LogP contribution in [0.1, 0.15) is 0 Å². The number of pyridine rings is 4. The summed E-state index contributed by atoms with van der Waals surface area (Å²) in [6.45, 7) is 0. The van der Waals surface area contributed by atoms with E-state index in [9.17, 15) is 0 Å². The molecule has 4 nitrogen and oxygen atoms in total. The molecule has 0 fully saturated rings. The van der Waals surface area contributed by atoms with Crippen molar-refractivity contribution in [2.24, 2.45) is 0 Å². The van der Waals surface area contributed by atoms with Gasteiger partial charge in [-0.25, -0.2) is 0 Å². The Kier molecular flexibility index (Phi) is 5.50. The molecule has 0 spiro atoms. The molecule has 0 saturated heterocycles. The molecular formula is C24H16N4Rh+3. The molecule has 0 radical (unpaired) electrons. The number of benzene rings is 2. The summed E-state index contributed by atoms with van der Waals surface area (Å²) >= 11 is 0. The van der Waals surface area contributed by atoms with Gasteiger partial charge >= 0.3 is 19.5 Å². The molecule has 29 heavy (non-hydrogen) atoms. The molecule has 2 aromatic carbocycles. The predicted octanol–water partition coefficient (Wildman–Crippen LogP) is 5.56. The van der Waals surface area contributed by atoms with Crippen LogP contribution >= 0.6 is 0 Å². The van der Waals surface area contributed by atoms with Gasteiger partial charge in [-0.15, -0.1) is 0 Å². The van der Waals surface area contributed by atoms with Crippen LogP contribution in [0.4, 0.5) is 0 Å². The number of hydrogen-bond donors (Lipinski definition) is 0. The zero-order valence-electron chi connectivity index (χ0n) is 15.4. The summed E-state index contributed by atoms with van der Waals surface area (Å²) in [4.78, 5) is 17.4. The zero-order valence-corrected chi connectivity index (χ0v) is 17.0. The number of hydrogen-bond acceptors (Lipinski definition) is 4. The summed E-state index contributed by atoms with van der Waals surface area (Å²) in [6.07, 6.45) is 7.21. The third-order valence-electron chi connectivity index (χ3n) is 4.69. The maximum absolute atomic E-state index is 4.35. The first-order valence-electron chi connectivity index (χ1n) is 9.07. The van der Waals surface area contributed by atoms with Crippen LogP contribution in [0.15, 0.2) is 97.6 Å². The molecule has 138 valence electrons. The number of fused-ring (bicyclic) bond motifs is 6. The normalized spacial score (nSPS) is 10.5. The van der Waals surface area contributed by atoms with Crippen LogP contribution in [0.5, 0.6) is 0 Å². The van der Waals surface area contributed by atoms with Crippen molar-refractivity contribution in [3.63, 3.8) is 0 Å². The third-order valence-corrected chi connectivity index (χ3v) is 4.69. The maximum Gasteiger partial charge on any atom is 3.00 e. The quantitative estimate of drug-likeness (QED) is 0.219. The van der Waals surface area contributed by atoms with Gasteiger partial charge in [0.25, 0.3) is 0 Å². The number of rotatable bonds is 0. The second-order valence-electron chi connectivity index (χ2n) is 6.43. The van der Waals surface area contributed by atoms with Crippen molar-refractivity contribution in [2.45, 2.75) is 0 Å². The van der Waals surface area contributed by atoms with Gasteiger partial charge in [0.15, 0.2) is 0 Å². The summed E-state index contributed by atoms with van der Waals surface area (Å²) in [5.74, 6) is 0. The summed E-state index contributed by atoms with van der Waals surface area (Å²) < 4.78 is 0. The van der Waals surface area contributed by atoms with Crippen molar-refractivity contribution in [3.8, 4) is 0 Å². The van der Waals surface area contributed by atoms with E-state index in [4.69, 9.17) is 0 Å². The Morgan fingerprint density at radius 3 is 0.828 bits per heavy atom. The number of aromatic nitrogens is 4. The van der Waals surface area contributed by atoms with Crippen LogP contribution in [0.2, 0.25) is 0 Å². The fourth-order valence-corrected chi connectivity index (χ4v) is 3.36. The first-order chi connectivity index (χ1) is 13.9. The minimum Gasteiger partial charge on any atom is -0.254 e. The fourth-order valence-electron chi connectivity index (χ4n) is 3.36. The molecule has 6 aromatic rings. The van der Waals surface area contributed by atoms with Gasteiger partial charge in [-0.1, -0.05) is 48.5 Å². The predicted molar refractivity (Wildman–Crippen MR) is 114 cm³/mol. The van der Waals surface area contributed by atoms with Crippen molar-refractivity contribution >= 4 is 43.6 Å². The molecule has 5 heteroatoms. The first kappa shape index (κ1) is 19.0. The van der Waals surface area contributed by atoms with Gasteiger partial charge in [0.05, 0.1) is 22.1 Å². The molecule has 4 heterocycles. The van der Waals surface area contributed by atoms with Crippen LogP contribution in [0, 0.1) is 0 Å². The van der Waals surface area contributed by atoms with Gasteiger partial charge in [0.1, 0.15) is 0 Å². The number of nitrogens with zero attached hydrogens (tertiary/aromatic N) is 4. The van der Waals surface area contributed by atoms with Gasteiger partial charge in [-0.05, 0) is 24.3 Å². The Labute approximate surface area is 180 Å². The molecule has 4 aromatic heterocycles. The fraction of sp³-hybridized carbons (Fsp3) is 0. The van der Waals surface area contributed by atoms with Gasteiger partial charge in [-0.2, -0.15) is 0 Å². The van der Waals surface area contributed by atoms with Crippen molar-refractivity contribution in [1.82, 2.24) is 19.9 Å². The van der Waals surface area contributed by atoms with Gasteiger partial charge in [0.2, 0.25) is 0 Å². The second kappa shape index (κ2) is 8.38. The van der Waals surface area contributed by atoms with E-state index in [2.05, 4.69) is 68.5 Å². The Morgan fingerprint density at radius 2 is 0.586 bits per heavy atom. The summed E-state index contributed by atoms with van der Waals surface area (Å²) in [5, 5.41) is 4.55. The van der Waals surface area contributed by atoms with E-state index < -0.39 is 0 Å². The van der Waals surface area contributed by atoms with Crippen LogP contribution in [-0.2, 0) is 19.5 Å². The van der Waals surface area contributed by atoms with Crippen LogP contribution in [0.3, 0.4) is 0 Å². The molecule has 0 amide bonds. The maximum atomic E-state index is 4.35. The topological polar surface area (TPSA) is 51.6 Å². The average Bonchev–Trinajstić information content (AvgIpc) is 2.79. The summed E-state index contributed by atoms with van der Waals surface area (Å²) in [5.41, 5.74) is 3.91. The Morgan fingerprint density at radius 1 is 0.345 bits per heavy atom. The molecule has 0 aliphatic carbocycles. The second-order valence-corrected chi connectivity index (χ2v) is 6.43. The SMILES string of the molecule is [Rh+3].c1cnc2c(c1)ccc1cccnc12.c1cnc2c(c1)ccc1cccnc12. The minimum absolute atomic E-state index is 0. The minimum atomic E-state index is 0. The molecule has 0 aliphatic rings.